The highest BCUT2D eigenvalue weighted by Gasteiger charge is 2.57. The van der Waals surface area contributed by atoms with Crippen molar-refractivity contribution in [3.05, 3.63) is 97.1 Å². The van der Waals surface area contributed by atoms with Crippen molar-refractivity contribution in [2.24, 2.45) is 5.92 Å². The van der Waals surface area contributed by atoms with Crippen LogP contribution in [0.15, 0.2) is 81.9 Å². The molecule has 2 aromatic carbocycles. The molecule has 6 rings (SSSR count). The first-order valence-electron chi connectivity index (χ1n) is 12.0. The molecule has 3 atom stereocenters. The van der Waals surface area contributed by atoms with E-state index in [2.05, 4.69) is 5.32 Å². The molecule has 2 aliphatic heterocycles. The number of fused-ring (bicyclic) bond motifs is 2. The molecule has 1 N–H and O–H groups in total. The first-order valence-corrected chi connectivity index (χ1v) is 14.5. The lowest BCUT2D eigenvalue weighted by Gasteiger charge is -2.29. The maximum absolute atomic E-state index is 13.8. The summed E-state index contributed by atoms with van der Waals surface area (Å²) in [6.07, 6.45) is -4.65. The van der Waals surface area contributed by atoms with E-state index in [9.17, 15) is 32.3 Å². The highest BCUT2D eigenvalue weighted by molar-refractivity contribution is 8.00. The normalized spacial score (nSPS) is 20.4. The van der Waals surface area contributed by atoms with Gasteiger partial charge >= 0.3 is 11.0 Å². The molecule has 0 spiro atoms. The second-order valence-electron chi connectivity index (χ2n) is 9.16. The van der Waals surface area contributed by atoms with Crippen molar-refractivity contribution in [3.8, 4) is 0 Å². The molecule has 0 aliphatic carbocycles. The number of carbonyl (C=O) groups is 3. The first kappa shape index (κ1) is 26.5. The molecule has 0 radical (unpaired) electrons. The van der Waals surface area contributed by atoms with E-state index in [-0.39, 0.29) is 12.2 Å². The van der Waals surface area contributed by atoms with E-state index < -0.39 is 51.4 Å². The van der Waals surface area contributed by atoms with Crippen molar-refractivity contribution in [2.45, 2.75) is 28.9 Å². The number of nitrogens with one attached hydrogen (secondary N) is 1. The maximum atomic E-state index is 13.8. The number of imide groups is 1. The molecule has 0 bridgehead atoms. The van der Waals surface area contributed by atoms with Crippen LogP contribution in [0.25, 0.3) is 0 Å². The van der Waals surface area contributed by atoms with E-state index in [0.29, 0.717) is 15.6 Å². The molecule has 2 aromatic heterocycles. The number of carbonyl (C=O) groups excluding carboxylic acids is 3. The summed E-state index contributed by atoms with van der Waals surface area (Å²) in [7, 11) is 0. The van der Waals surface area contributed by atoms with Gasteiger partial charge in [0, 0.05) is 21.4 Å². The molecular weight excluding hydrogens is 584 g/mol. The number of rotatable bonds is 5. The second-order valence-corrected chi connectivity index (χ2v) is 12.3. The number of amides is 3. The Morgan fingerprint density at radius 2 is 1.73 bits per heavy atom. The summed E-state index contributed by atoms with van der Waals surface area (Å²) in [5.41, 5.74) is -0.574. The van der Waals surface area contributed by atoms with Crippen LogP contribution in [0.3, 0.4) is 0 Å². The number of hydrogen-bond acceptors (Lipinski definition) is 7. The van der Waals surface area contributed by atoms with E-state index in [4.69, 9.17) is 0 Å². The third-order valence-corrected chi connectivity index (χ3v) is 10.2. The lowest BCUT2D eigenvalue weighted by molar-refractivity contribution is -0.137. The van der Waals surface area contributed by atoms with Crippen LogP contribution in [0, 0.1) is 5.92 Å². The Labute approximate surface area is 237 Å². The lowest BCUT2D eigenvalue weighted by atomic mass is 9.87. The van der Waals surface area contributed by atoms with E-state index in [0.717, 1.165) is 51.1 Å². The quantitative estimate of drug-likeness (QED) is 0.309. The van der Waals surface area contributed by atoms with Crippen molar-refractivity contribution in [1.82, 2.24) is 4.57 Å². The zero-order chi connectivity index (χ0) is 28.2. The summed E-state index contributed by atoms with van der Waals surface area (Å²) in [4.78, 5) is 55.1. The minimum atomic E-state index is -4.65. The topological polar surface area (TPSA) is 88.5 Å². The van der Waals surface area contributed by atoms with E-state index in [1.165, 1.54) is 22.0 Å². The number of alkyl halides is 3. The van der Waals surface area contributed by atoms with E-state index in [1.807, 2.05) is 5.38 Å². The van der Waals surface area contributed by atoms with Gasteiger partial charge in [-0.3, -0.25) is 23.7 Å². The average Bonchev–Trinajstić information content (AvgIpc) is 3.62. The molecule has 3 amide bonds. The first-order chi connectivity index (χ1) is 19.1. The Kier molecular flexibility index (Phi) is 6.67. The predicted octanol–water partition coefficient (Wildman–Crippen LogP) is 5.42. The van der Waals surface area contributed by atoms with Crippen LogP contribution in [0.5, 0.6) is 0 Å². The Hall–Kier alpha value is -3.68. The molecule has 2 aliphatic rings. The van der Waals surface area contributed by atoms with Gasteiger partial charge in [0.2, 0.25) is 17.7 Å². The van der Waals surface area contributed by atoms with Crippen LogP contribution in [0.1, 0.15) is 21.2 Å². The molecule has 0 unspecified atom stereocenters. The molecule has 4 aromatic rings. The molecule has 0 saturated carbocycles. The van der Waals surface area contributed by atoms with Crippen LogP contribution < -0.4 is 15.1 Å². The number of thioether (sulfide) groups is 1. The number of thiazole rings is 1. The number of aromatic nitrogens is 1. The zero-order valence-corrected chi connectivity index (χ0v) is 22.7. The van der Waals surface area contributed by atoms with Gasteiger partial charge in [-0.05, 0) is 41.8 Å². The fourth-order valence-electron chi connectivity index (χ4n) is 4.97. The maximum Gasteiger partial charge on any atom is 0.416 e. The number of anilines is 2. The largest absolute Gasteiger partial charge is 0.416 e. The van der Waals surface area contributed by atoms with Gasteiger partial charge in [-0.15, -0.1) is 11.3 Å². The monoisotopic (exact) mass is 601 g/mol. The van der Waals surface area contributed by atoms with E-state index >= 15 is 0 Å². The second kappa shape index (κ2) is 10.1. The van der Waals surface area contributed by atoms with Gasteiger partial charge < -0.3 is 5.32 Å². The third kappa shape index (κ3) is 4.57. The average molecular weight is 602 g/mol. The molecule has 1 saturated heterocycles. The van der Waals surface area contributed by atoms with Gasteiger partial charge in [0.15, 0.2) is 0 Å². The van der Waals surface area contributed by atoms with Crippen LogP contribution >= 0.6 is 34.4 Å². The minimum Gasteiger partial charge on any atom is -0.325 e. The van der Waals surface area contributed by atoms with Gasteiger partial charge in [0.25, 0.3) is 0 Å². The summed E-state index contributed by atoms with van der Waals surface area (Å²) < 4.78 is 41.5. The number of nitrogens with zero attached hydrogens (tertiary/aromatic N) is 2. The Morgan fingerprint density at radius 1 is 0.950 bits per heavy atom. The smallest absolute Gasteiger partial charge is 0.325 e. The molecule has 4 heterocycles. The summed E-state index contributed by atoms with van der Waals surface area (Å²) >= 11 is 3.27. The summed E-state index contributed by atoms with van der Waals surface area (Å²) in [5.74, 6) is -3.32. The van der Waals surface area contributed by atoms with Crippen LogP contribution in [0.4, 0.5) is 24.5 Å². The lowest BCUT2D eigenvalue weighted by Crippen LogP contribution is -2.32. The Morgan fingerprint density at radius 3 is 2.42 bits per heavy atom. The Bertz CT molecular complexity index is 1680. The summed E-state index contributed by atoms with van der Waals surface area (Å²) in [6.45, 7) is -0.305. The van der Waals surface area contributed by atoms with Gasteiger partial charge in [0.05, 0.1) is 22.2 Å². The molecule has 13 heteroatoms. The SMILES string of the molecule is O=C(Cn1c2c(sc1=O)[C@@H](c1cccs1)[C@H]1C(=O)N(c3cccc(C(F)(F)F)c3)C(=O)[C@H]1S2)Nc1ccccc1. The zero-order valence-electron chi connectivity index (χ0n) is 20.3. The van der Waals surface area contributed by atoms with E-state index in [1.54, 1.807) is 42.5 Å². The minimum absolute atomic E-state index is 0.160. The number of benzene rings is 2. The number of para-hydroxylation sites is 1. The van der Waals surface area contributed by atoms with Crippen molar-refractivity contribution in [1.29, 1.82) is 0 Å². The van der Waals surface area contributed by atoms with Crippen LogP contribution in [-0.4, -0.2) is 27.5 Å². The summed E-state index contributed by atoms with van der Waals surface area (Å²) in [6, 6.07) is 16.4. The molecule has 40 heavy (non-hydrogen) atoms. The van der Waals surface area contributed by atoms with Crippen LogP contribution in [-0.2, 0) is 27.1 Å². The number of hydrogen-bond donors (Lipinski definition) is 1. The van der Waals surface area contributed by atoms with Crippen molar-refractivity contribution < 1.29 is 27.6 Å². The Balaban J connectivity index is 1.39. The highest BCUT2D eigenvalue weighted by Crippen LogP contribution is 2.54. The van der Waals surface area contributed by atoms with Crippen molar-refractivity contribution in [3.63, 3.8) is 0 Å². The van der Waals surface area contributed by atoms with Crippen LogP contribution in [0.2, 0.25) is 0 Å². The summed E-state index contributed by atoms with van der Waals surface area (Å²) in [5, 5.41) is 3.97. The van der Waals surface area contributed by atoms with Gasteiger partial charge in [-0.1, -0.05) is 53.4 Å². The fourth-order valence-corrected chi connectivity index (χ4v) is 8.69. The fraction of sp³-hybridized carbons (Fsp3) is 0.185. The van der Waals surface area contributed by atoms with Gasteiger partial charge in [-0.2, -0.15) is 13.2 Å². The van der Waals surface area contributed by atoms with Crippen molar-refractivity contribution in [2.75, 3.05) is 10.2 Å². The highest BCUT2D eigenvalue weighted by atomic mass is 32.2. The van der Waals surface area contributed by atoms with Gasteiger partial charge in [0.1, 0.15) is 11.8 Å². The molecular formula is C27H18F3N3O4S3. The third-order valence-electron chi connectivity index (χ3n) is 6.69. The predicted molar refractivity (Wildman–Crippen MR) is 147 cm³/mol. The van der Waals surface area contributed by atoms with Gasteiger partial charge in [-0.25, -0.2) is 4.90 Å². The van der Waals surface area contributed by atoms with Crippen molar-refractivity contribution >= 4 is 63.5 Å². The number of thiophene rings is 1. The molecule has 1 fully saturated rings. The molecule has 204 valence electrons. The molecule has 7 nitrogen and oxygen atoms in total. The number of halogens is 3. The standard InChI is InChI=1S/C27H18F3N3O4S3/c28-27(29,30)14-6-4-9-16(12-14)33-23(35)20-19(17-10-5-11-38-17)22-25(39-21(20)24(33)36)32(26(37)40-22)13-18(34)31-15-7-2-1-3-8-15/h1-12,19-21H,13H2,(H,31,34)/t19-,20+,21-/m0/s1.